The summed E-state index contributed by atoms with van der Waals surface area (Å²) in [6.45, 7) is 2.85. The van der Waals surface area contributed by atoms with Gasteiger partial charge >= 0.3 is 6.18 Å². The van der Waals surface area contributed by atoms with E-state index in [0.717, 1.165) is 26.4 Å². The number of rotatable bonds is 5. The fraction of sp³-hybridized carbons (Fsp3) is 1.00. The molecule has 0 unspecified atom stereocenters. The second-order valence-electron chi connectivity index (χ2n) is 6.57. The molecule has 0 amide bonds. The van der Waals surface area contributed by atoms with Crippen LogP contribution in [0.15, 0.2) is 0 Å². The van der Waals surface area contributed by atoms with Gasteiger partial charge in [-0.25, -0.2) is 0 Å². The number of hydrogen-bond acceptors (Lipinski definition) is 4. The summed E-state index contributed by atoms with van der Waals surface area (Å²) in [5.74, 6) is 0. The van der Waals surface area contributed by atoms with E-state index < -0.39 is 11.8 Å². The number of hydrogen-bond donors (Lipinski definition) is 1. The Bertz CT molecular complexity index is 335. The standard InChI is InChI=1S/C15H26F3NO3/c1-14(20,15(16,17)18)11-19-7-5-12(6-8-19)22-10-13-4-2-3-9-21-13/h12-13,20H,2-11H2,1H3/t13-,14+/m0/s1. The van der Waals surface area contributed by atoms with Crippen LogP contribution in [-0.4, -0.2) is 66.8 Å². The van der Waals surface area contributed by atoms with E-state index in [1.54, 1.807) is 4.90 Å². The lowest BCUT2D eigenvalue weighted by Crippen LogP contribution is -2.53. The molecule has 2 heterocycles. The Morgan fingerprint density at radius 3 is 2.41 bits per heavy atom. The smallest absolute Gasteiger partial charge is 0.380 e. The van der Waals surface area contributed by atoms with E-state index in [0.29, 0.717) is 32.5 Å². The molecule has 2 rings (SSSR count). The average Bonchev–Trinajstić information content (AvgIpc) is 2.46. The van der Waals surface area contributed by atoms with Gasteiger partial charge in [0.25, 0.3) is 0 Å². The molecular formula is C15H26F3NO3. The van der Waals surface area contributed by atoms with Gasteiger partial charge < -0.3 is 14.6 Å². The fourth-order valence-electron chi connectivity index (χ4n) is 2.94. The van der Waals surface area contributed by atoms with Crippen LogP contribution in [0.1, 0.15) is 39.0 Å². The maximum Gasteiger partial charge on any atom is 0.418 e. The topological polar surface area (TPSA) is 41.9 Å². The van der Waals surface area contributed by atoms with Gasteiger partial charge in [-0.3, -0.25) is 4.90 Å². The van der Waals surface area contributed by atoms with E-state index in [4.69, 9.17) is 9.47 Å². The molecule has 2 aliphatic heterocycles. The van der Waals surface area contributed by atoms with E-state index in [1.807, 2.05) is 0 Å². The Morgan fingerprint density at radius 1 is 1.18 bits per heavy atom. The molecule has 2 atom stereocenters. The molecule has 0 radical (unpaired) electrons. The van der Waals surface area contributed by atoms with E-state index in [9.17, 15) is 18.3 Å². The van der Waals surface area contributed by atoms with Crippen molar-refractivity contribution in [3.8, 4) is 0 Å². The van der Waals surface area contributed by atoms with Crippen LogP contribution >= 0.6 is 0 Å². The van der Waals surface area contributed by atoms with Crippen LogP contribution in [0, 0.1) is 0 Å². The van der Waals surface area contributed by atoms with E-state index in [2.05, 4.69) is 0 Å². The number of aliphatic hydroxyl groups is 1. The molecular weight excluding hydrogens is 299 g/mol. The molecule has 0 aromatic carbocycles. The van der Waals surface area contributed by atoms with E-state index >= 15 is 0 Å². The second kappa shape index (κ2) is 7.47. The van der Waals surface area contributed by atoms with Crippen molar-refractivity contribution >= 4 is 0 Å². The minimum Gasteiger partial charge on any atom is -0.380 e. The molecule has 1 N–H and O–H groups in total. The van der Waals surface area contributed by atoms with Crippen LogP contribution in [-0.2, 0) is 9.47 Å². The summed E-state index contributed by atoms with van der Waals surface area (Å²) >= 11 is 0. The number of piperidine rings is 1. The maximum atomic E-state index is 12.7. The zero-order chi connectivity index (χ0) is 16.2. The minimum atomic E-state index is -4.60. The Labute approximate surface area is 129 Å². The molecule has 4 nitrogen and oxygen atoms in total. The molecule has 7 heteroatoms. The van der Waals surface area contributed by atoms with E-state index in [-0.39, 0.29) is 18.8 Å². The van der Waals surface area contributed by atoms with Gasteiger partial charge in [0.15, 0.2) is 5.60 Å². The first-order chi connectivity index (χ1) is 10.3. The summed E-state index contributed by atoms with van der Waals surface area (Å²) in [4.78, 5) is 1.66. The summed E-state index contributed by atoms with van der Waals surface area (Å²) in [6.07, 6.45) is 0.329. The molecule has 0 bridgehead atoms. The molecule has 0 saturated carbocycles. The third-order valence-electron chi connectivity index (χ3n) is 4.47. The highest BCUT2D eigenvalue weighted by Gasteiger charge is 2.50. The van der Waals surface area contributed by atoms with Crippen molar-refractivity contribution in [2.45, 2.75) is 63.0 Å². The van der Waals surface area contributed by atoms with Crippen LogP contribution < -0.4 is 0 Å². The zero-order valence-electron chi connectivity index (χ0n) is 13.1. The number of alkyl halides is 3. The first kappa shape index (κ1) is 18.0. The van der Waals surface area contributed by atoms with Crippen LogP contribution in [0.4, 0.5) is 13.2 Å². The Morgan fingerprint density at radius 2 is 1.86 bits per heavy atom. The van der Waals surface area contributed by atoms with Crippen LogP contribution in [0.25, 0.3) is 0 Å². The normalized spacial score (nSPS) is 28.5. The van der Waals surface area contributed by atoms with Gasteiger partial charge in [-0.2, -0.15) is 13.2 Å². The van der Waals surface area contributed by atoms with Crippen LogP contribution in [0.5, 0.6) is 0 Å². The third kappa shape index (κ3) is 5.08. The van der Waals surface area contributed by atoms with Crippen LogP contribution in [0.3, 0.4) is 0 Å². The third-order valence-corrected chi connectivity index (χ3v) is 4.47. The van der Waals surface area contributed by atoms with Gasteiger partial charge in [-0.1, -0.05) is 0 Å². The number of nitrogens with zero attached hydrogens (tertiary/aromatic N) is 1. The summed E-state index contributed by atoms with van der Waals surface area (Å²) in [7, 11) is 0. The largest absolute Gasteiger partial charge is 0.418 e. The lowest BCUT2D eigenvalue weighted by molar-refractivity contribution is -0.258. The first-order valence-corrected chi connectivity index (χ1v) is 8.02. The molecule has 130 valence electrons. The zero-order valence-corrected chi connectivity index (χ0v) is 13.1. The lowest BCUT2D eigenvalue weighted by Gasteiger charge is -2.37. The molecule has 0 aromatic rings. The summed E-state index contributed by atoms with van der Waals surface area (Å²) < 4.78 is 49.5. The van der Waals surface area contributed by atoms with Crippen molar-refractivity contribution < 1.29 is 27.8 Å². The van der Waals surface area contributed by atoms with Crippen molar-refractivity contribution in [2.75, 3.05) is 32.8 Å². The van der Waals surface area contributed by atoms with Crippen LogP contribution in [0.2, 0.25) is 0 Å². The second-order valence-corrected chi connectivity index (χ2v) is 6.57. The van der Waals surface area contributed by atoms with Crippen molar-refractivity contribution in [1.82, 2.24) is 4.90 Å². The highest BCUT2D eigenvalue weighted by atomic mass is 19.4. The predicted octanol–water partition coefficient (Wildman–Crippen LogP) is 2.35. The fourth-order valence-corrected chi connectivity index (χ4v) is 2.94. The summed E-state index contributed by atoms with van der Waals surface area (Å²) in [5, 5.41) is 9.53. The molecule has 2 aliphatic rings. The van der Waals surface area contributed by atoms with Gasteiger partial charge in [0.2, 0.25) is 0 Å². The van der Waals surface area contributed by atoms with Gasteiger partial charge in [0, 0.05) is 26.2 Å². The predicted molar refractivity (Wildman–Crippen MR) is 75.7 cm³/mol. The molecule has 2 saturated heterocycles. The molecule has 0 spiro atoms. The van der Waals surface area contributed by atoms with Crippen molar-refractivity contribution in [3.63, 3.8) is 0 Å². The SMILES string of the molecule is C[C@@](O)(CN1CCC(OC[C@@H]2CCCCO2)CC1)C(F)(F)F. The number of likely N-dealkylation sites (tertiary alicyclic amines) is 1. The van der Waals surface area contributed by atoms with Crippen molar-refractivity contribution in [2.24, 2.45) is 0 Å². The first-order valence-electron chi connectivity index (χ1n) is 8.02. The minimum absolute atomic E-state index is 0.0811. The molecule has 0 aliphatic carbocycles. The Kier molecular flexibility index (Phi) is 6.10. The number of β-amino-alcohol motifs (C(OH)–C–C–N with tert-alkyl or cyclic N) is 1. The summed E-state index contributed by atoms with van der Waals surface area (Å²) in [5.41, 5.74) is -2.66. The molecule has 0 aromatic heterocycles. The van der Waals surface area contributed by atoms with Gasteiger partial charge in [0.05, 0.1) is 18.8 Å². The highest BCUT2D eigenvalue weighted by Crippen LogP contribution is 2.31. The van der Waals surface area contributed by atoms with Gasteiger partial charge in [-0.15, -0.1) is 0 Å². The van der Waals surface area contributed by atoms with E-state index in [1.165, 1.54) is 6.42 Å². The Balaban J connectivity index is 1.67. The number of halogens is 3. The average molecular weight is 325 g/mol. The van der Waals surface area contributed by atoms with Gasteiger partial charge in [-0.05, 0) is 39.0 Å². The number of ether oxygens (including phenoxy) is 2. The van der Waals surface area contributed by atoms with Crippen molar-refractivity contribution in [1.29, 1.82) is 0 Å². The van der Waals surface area contributed by atoms with Gasteiger partial charge in [0.1, 0.15) is 0 Å². The highest BCUT2D eigenvalue weighted by molar-refractivity contribution is 4.87. The quantitative estimate of drug-likeness (QED) is 0.842. The summed E-state index contributed by atoms with van der Waals surface area (Å²) in [6, 6.07) is 0. The molecule has 2 fully saturated rings. The maximum absolute atomic E-state index is 12.7. The molecule has 22 heavy (non-hydrogen) atoms. The lowest BCUT2D eigenvalue weighted by atomic mass is 10.0. The Hall–Kier alpha value is -0.370. The van der Waals surface area contributed by atoms with Crippen molar-refractivity contribution in [3.05, 3.63) is 0 Å². The monoisotopic (exact) mass is 325 g/mol.